The van der Waals surface area contributed by atoms with Crippen molar-refractivity contribution in [1.29, 1.82) is 0 Å². The minimum absolute atomic E-state index is 0.158. The summed E-state index contributed by atoms with van der Waals surface area (Å²) < 4.78 is 12.9. The van der Waals surface area contributed by atoms with Crippen molar-refractivity contribution < 1.29 is 4.21 Å². The molecule has 0 saturated carbocycles. The Morgan fingerprint density at radius 3 is 2.20 bits per heavy atom. The number of thiophene rings is 1. The fourth-order valence-electron chi connectivity index (χ4n) is 1.93. The molecule has 0 aliphatic rings. The largest absolute Gasteiger partial charge is 0.259 e. The van der Waals surface area contributed by atoms with E-state index in [2.05, 4.69) is 45.0 Å². The molecule has 1 unspecified atom stereocenters. The van der Waals surface area contributed by atoms with Gasteiger partial charge in [-0.3, -0.25) is 4.21 Å². The first kappa shape index (κ1) is 15.7. The molecular formula is C16H19ClOS2. The van der Waals surface area contributed by atoms with Crippen molar-refractivity contribution in [2.75, 3.05) is 0 Å². The Kier molecular flexibility index (Phi) is 5.05. The highest BCUT2D eigenvalue weighted by atomic mass is 35.5. The van der Waals surface area contributed by atoms with Crippen LogP contribution in [0.25, 0.3) is 0 Å². The SMILES string of the molecule is CC(C)(C)c1ccc(CS(=O)Cc2ccc(Cl)s2)cc1. The van der Waals surface area contributed by atoms with Crippen LogP contribution >= 0.6 is 22.9 Å². The van der Waals surface area contributed by atoms with Gasteiger partial charge in [0.15, 0.2) is 0 Å². The van der Waals surface area contributed by atoms with E-state index >= 15 is 0 Å². The maximum absolute atomic E-state index is 12.1. The van der Waals surface area contributed by atoms with Crippen LogP contribution < -0.4 is 0 Å². The minimum atomic E-state index is -0.885. The zero-order valence-electron chi connectivity index (χ0n) is 12.0. The van der Waals surface area contributed by atoms with E-state index in [4.69, 9.17) is 11.6 Å². The highest BCUT2D eigenvalue weighted by molar-refractivity contribution is 7.83. The van der Waals surface area contributed by atoms with Crippen LogP contribution in [0.2, 0.25) is 4.34 Å². The first-order valence-corrected chi connectivity index (χ1v) is 9.21. The van der Waals surface area contributed by atoms with Crippen LogP contribution in [0.5, 0.6) is 0 Å². The Balaban J connectivity index is 1.98. The van der Waals surface area contributed by atoms with Crippen molar-refractivity contribution in [1.82, 2.24) is 0 Å². The summed E-state index contributed by atoms with van der Waals surface area (Å²) >= 11 is 7.39. The van der Waals surface area contributed by atoms with Crippen LogP contribution in [-0.2, 0) is 27.7 Å². The minimum Gasteiger partial charge on any atom is -0.259 e. The zero-order valence-corrected chi connectivity index (χ0v) is 14.4. The molecule has 20 heavy (non-hydrogen) atoms. The van der Waals surface area contributed by atoms with Gasteiger partial charge in [0.2, 0.25) is 0 Å². The first-order valence-electron chi connectivity index (χ1n) is 6.53. The number of rotatable bonds is 4. The Hall–Kier alpha value is -0.640. The van der Waals surface area contributed by atoms with Crippen LogP contribution in [0.3, 0.4) is 0 Å². The first-order chi connectivity index (χ1) is 9.34. The second kappa shape index (κ2) is 6.42. The molecule has 1 nitrogen and oxygen atoms in total. The van der Waals surface area contributed by atoms with Crippen molar-refractivity contribution in [3.8, 4) is 0 Å². The summed E-state index contributed by atoms with van der Waals surface area (Å²) in [5, 5.41) is 0. The Bertz CT molecular complexity index is 594. The molecule has 1 aromatic heterocycles. The molecular weight excluding hydrogens is 308 g/mol. The molecule has 0 amide bonds. The van der Waals surface area contributed by atoms with Gasteiger partial charge in [-0.05, 0) is 28.7 Å². The number of hydrogen-bond acceptors (Lipinski definition) is 2. The van der Waals surface area contributed by atoms with Gasteiger partial charge >= 0.3 is 0 Å². The molecule has 2 aromatic rings. The molecule has 0 aliphatic carbocycles. The number of hydrogen-bond donors (Lipinski definition) is 0. The molecule has 108 valence electrons. The third kappa shape index (κ3) is 4.44. The lowest BCUT2D eigenvalue weighted by atomic mass is 9.87. The quantitative estimate of drug-likeness (QED) is 0.759. The van der Waals surface area contributed by atoms with Gasteiger partial charge in [0, 0.05) is 21.4 Å². The third-order valence-electron chi connectivity index (χ3n) is 3.08. The average molecular weight is 327 g/mol. The van der Waals surface area contributed by atoms with E-state index in [-0.39, 0.29) is 5.41 Å². The third-order valence-corrected chi connectivity index (χ3v) is 5.78. The standard InChI is InChI=1S/C16H19ClOS2/c1-16(2,3)13-6-4-12(5-7-13)10-20(18)11-14-8-9-15(17)19-14/h4-9H,10-11H2,1-3H3. The van der Waals surface area contributed by atoms with E-state index in [1.807, 2.05) is 12.1 Å². The second-order valence-electron chi connectivity index (χ2n) is 5.88. The van der Waals surface area contributed by atoms with Crippen molar-refractivity contribution in [2.45, 2.75) is 37.7 Å². The van der Waals surface area contributed by atoms with Gasteiger partial charge in [-0.25, -0.2) is 0 Å². The summed E-state index contributed by atoms with van der Waals surface area (Å²) in [6.45, 7) is 6.59. The lowest BCUT2D eigenvalue weighted by Crippen LogP contribution is -2.10. The van der Waals surface area contributed by atoms with Gasteiger partial charge in [-0.15, -0.1) is 11.3 Å². The average Bonchev–Trinajstić information content (AvgIpc) is 2.74. The van der Waals surface area contributed by atoms with E-state index < -0.39 is 10.8 Å². The van der Waals surface area contributed by atoms with E-state index in [9.17, 15) is 4.21 Å². The topological polar surface area (TPSA) is 17.1 Å². The molecule has 0 spiro atoms. The summed E-state index contributed by atoms with van der Waals surface area (Å²) in [4.78, 5) is 1.08. The van der Waals surface area contributed by atoms with Gasteiger partial charge < -0.3 is 0 Å². The molecule has 4 heteroatoms. The van der Waals surface area contributed by atoms with Gasteiger partial charge in [-0.1, -0.05) is 56.6 Å². The molecule has 0 fully saturated rings. The van der Waals surface area contributed by atoms with Crippen LogP contribution in [0.4, 0.5) is 0 Å². The van der Waals surface area contributed by atoms with E-state index in [1.54, 1.807) is 0 Å². The molecule has 1 atom stereocenters. The summed E-state index contributed by atoms with van der Waals surface area (Å²) in [5.74, 6) is 1.18. The number of benzene rings is 1. The lowest BCUT2D eigenvalue weighted by molar-refractivity contribution is 0.590. The van der Waals surface area contributed by atoms with E-state index in [1.165, 1.54) is 16.9 Å². The van der Waals surface area contributed by atoms with Gasteiger partial charge in [0.1, 0.15) is 0 Å². The highest BCUT2D eigenvalue weighted by Crippen LogP contribution is 2.24. The molecule has 1 aromatic carbocycles. The Labute approximate surface area is 132 Å². The van der Waals surface area contributed by atoms with Gasteiger partial charge in [0.25, 0.3) is 0 Å². The van der Waals surface area contributed by atoms with Gasteiger partial charge in [-0.2, -0.15) is 0 Å². The number of halogens is 1. The summed E-state index contributed by atoms with van der Waals surface area (Å²) in [7, 11) is -0.885. The molecule has 0 N–H and O–H groups in total. The molecule has 2 rings (SSSR count). The van der Waals surface area contributed by atoms with Gasteiger partial charge in [0.05, 0.1) is 10.1 Å². The normalized spacial score (nSPS) is 13.4. The molecule has 0 saturated heterocycles. The van der Waals surface area contributed by atoms with E-state index in [0.29, 0.717) is 11.5 Å². The van der Waals surface area contributed by atoms with Crippen LogP contribution in [-0.4, -0.2) is 4.21 Å². The predicted octanol–water partition coefficient (Wildman–Crippen LogP) is 5.15. The fraction of sp³-hybridized carbons (Fsp3) is 0.375. The maximum Gasteiger partial charge on any atom is 0.0931 e. The molecule has 0 radical (unpaired) electrons. The van der Waals surface area contributed by atoms with Crippen LogP contribution in [0.1, 0.15) is 36.8 Å². The van der Waals surface area contributed by atoms with Crippen molar-refractivity contribution in [2.24, 2.45) is 0 Å². The summed E-state index contributed by atoms with van der Waals surface area (Å²) in [5.41, 5.74) is 2.59. The fourth-order valence-corrected chi connectivity index (χ4v) is 4.52. The van der Waals surface area contributed by atoms with Crippen LogP contribution in [0.15, 0.2) is 36.4 Å². The second-order valence-corrected chi connectivity index (χ2v) is 9.14. The summed E-state index contributed by atoms with van der Waals surface area (Å²) in [6.07, 6.45) is 0. The Morgan fingerprint density at radius 1 is 1.05 bits per heavy atom. The zero-order chi connectivity index (χ0) is 14.8. The van der Waals surface area contributed by atoms with E-state index in [0.717, 1.165) is 14.8 Å². The maximum atomic E-state index is 12.1. The molecule has 0 bridgehead atoms. The molecule has 0 aliphatic heterocycles. The van der Waals surface area contributed by atoms with Crippen molar-refractivity contribution in [3.63, 3.8) is 0 Å². The monoisotopic (exact) mass is 326 g/mol. The van der Waals surface area contributed by atoms with Crippen LogP contribution in [0, 0.1) is 0 Å². The van der Waals surface area contributed by atoms with Crippen molar-refractivity contribution in [3.05, 3.63) is 56.7 Å². The smallest absolute Gasteiger partial charge is 0.0931 e. The van der Waals surface area contributed by atoms with Crippen molar-refractivity contribution >= 4 is 33.7 Å². The lowest BCUT2D eigenvalue weighted by Gasteiger charge is -2.19. The summed E-state index contributed by atoms with van der Waals surface area (Å²) in [6, 6.07) is 12.2. The molecule has 1 heterocycles. The highest BCUT2D eigenvalue weighted by Gasteiger charge is 2.13. The predicted molar refractivity (Wildman–Crippen MR) is 90.0 cm³/mol. The Morgan fingerprint density at radius 2 is 1.70 bits per heavy atom.